The first kappa shape index (κ1) is 26.2. The number of pyridine rings is 1. The van der Waals surface area contributed by atoms with Gasteiger partial charge < -0.3 is 15.0 Å². The number of carbonyl (C=O) groups is 2. The fourth-order valence-corrected chi connectivity index (χ4v) is 3.83. The van der Waals surface area contributed by atoms with E-state index < -0.39 is 18.0 Å². The molecule has 1 N–H and O–H groups in total. The molecule has 0 radical (unpaired) electrons. The highest BCUT2D eigenvalue weighted by Crippen LogP contribution is 2.31. The minimum Gasteiger partial charge on any atom is -0.404 e. The van der Waals surface area contributed by atoms with E-state index in [0.29, 0.717) is 18.8 Å². The number of hydrogen-bond acceptors (Lipinski definition) is 8. The second-order valence-electron chi connectivity index (χ2n) is 8.65. The summed E-state index contributed by atoms with van der Waals surface area (Å²) in [7, 11) is 1.97. The zero-order chi connectivity index (χ0) is 26.4. The fourth-order valence-electron chi connectivity index (χ4n) is 3.83. The van der Waals surface area contributed by atoms with Crippen LogP contribution in [0.15, 0.2) is 55.2 Å². The van der Waals surface area contributed by atoms with Crippen molar-refractivity contribution in [2.75, 3.05) is 45.1 Å². The van der Waals surface area contributed by atoms with Crippen LogP contribution in [-0.2, 0) is 11.2 Å². The summed E-state index contributed by atoms with van der Waals surface area (Å²) in [6.07, 6.45) is 1.24. The van der Waals surface area contributed by atoms with Crippen LogP contribution in [-0.4, -0.2) is 82.6 Å². The quantitative estimate of drug-likeness (QED) is 0.458. The number of amides is 1. The Morgan fingerprint density at radius 2 is 1.73 bits per heavy atom. The number of alkyl halides is 3. The number of ketones is 1. The number of aromatic nitrogens is 3. The molecule has 1 aromatic carbocycles. The monoisotopic (exact) mass is 514 g/mol. The van der Waals surface area contributed by atoms with Crippen molar-refractivity contribution >= 4 is 17.4 Å². The topological polar surface area (TPSA) is 101 Å². The van der Waals surface area contributed by atoms with Gasteiger partial charge in [-0.1, -0.05) is 6.07 Å². The number of nitrogens with zero attached hydrogens (tertiary/aromatic N) is 5. The van der Waals surface area contributed by atoms with Crippen LogP contribution in [0.5, 0.6) is 5.75 Å². The summed E-state index contributed by atoms with van der Waals surface area (Å²) < 4.78 is 42.9. The van der Waals surface area contributed by atoms with E-state index in [2.05, 4.69) is 29.9 Å². The predicted molar refractivity (Wildman–Crippen MR) is 129 cm³/mol. The van der Waals surface area contributed by atoms with Gasteiger partial charge in [0, 0.05) is 67.2 Å². The summed E-state index contributed by atoms with van der Waals surface area (Å²) in [5.74, 6) is -1.47. The molecule has 194 valence electrons. The van der Waals surface area contributed by atoms with Crippen LogP contribution in [0.4, 0.5) is 18.9 Å². The fraction of sp³-hybridized carbons (Fsp3) is 0.320. The maximum absolute atomic E-state index is 12.9. The number of hydrogen-bond donors (Lipinski definition) is 1. The first-order valence-corrected chi connectivity index (χ1v) is 11.5. The standard InChI is InChI=1S/C25H25F3N6O3/c1-33-6-8-34(9-7-33)15-24(36)32-21-10-17(3-5-23(21)37-25(26,27)28)22(35)11-20-4-2-18(14-31-20)19-12-29-16-30-13-19/h2-5,10,12-14,16H,6-9,11,15H2,1H3,(H,32,36). The molecule has 0 aliphatic carbocycles. The minimum absolute atomic E-state index is 0.0141. The largest absolute Gasteiger partial charge is 0.573 e. The molecule has 0 bridgehead atoms. The average Bonchev–Trinajstić information content (AvgIpc) is 2.86. The lowest BCUT2D eigenvalue weighted by molar-refractivity contribution is -0.274. The van der Waals surface area contributed by atoms with E-state index in [1.165, 1.54) is 18.5 Å². The summed E-state index contributed by atoms with van der Waals surface area (Å²) in [5, 5.41) is 2.48. The molecule has 0 spiro atoms. The van der Waals surface area contributed by atoms with E-state index in [1.807, 2.05) is 11.9 Å². The van der Waals surface area contributed by atoms with Gasteiger partial charge in [0.1, 0.15) is 6.33 Å². The molecule has 12 heteroatoms. The molecule has 1 aliphatic heterocycles. The summed E-state index contributed by atoms with van der Waals surface area (Å²) in [4.78, 5) is 41.7. The highest BCUT2D eigenvalue weighted by atomic mass is 19.4. The lowest BCUT2D eigenvalue weighted by Crippen LogP contribution is -2.47. The number of ether oxygens (including phenoxy) is 1. The van der Waals surface area contributed by atoms with Crippen LogP contribution in [0.2, 0.25) is 0 Å². The Morgan fingerprint density at radius 1 is 1.00 bits per heavy atom. The van der Waals surface area contributed by atoms with Crippen molar-refractivity contribution in [3.8, 4) is 16.9 Å². The predicted octanol–water partition coefficient (Wildman–Crippen LogP) is 3.05. The molecule has 2 aromatic heterocycles. The Kier molecular flexibility index (Phi) is 8.09. The average molecular weight is 515 g/mol. The van der Waals surface area contributed by atoms with Crippen molar-refractivity contribution in [3.05, 3.63) is 66.5 Å². The van der Waals surface area contributed by atoms with Gasteiger partial charge in [-0.2, -0.15) is 0 Å². The van der Waals surface area contributed by atoms with Gasteiger partial charge in [0.25, 0.3) is 0 Å². The summed E-state index contributed by atoms with van der Waals surface area (Å²) in [6.45, 7) is 2.91. The second kappa shape index (κ2) is 11.4. The number of nitrogens with one attached hydrogen (secondary N) is 1. The van der Waals surface area contributed by atoms with Crippen LogP contribution < -0.4 is 10.1 Å². The number of halogens is 3. The van der Waals surface area contributed by atoms with Gasteiger partial charge in [0.05, 0.1) is 18.7 Å². The van der Waals surface area contributed by atoms with E-state index >= 15 is 0 Å². The van der Waals surface area contributed by atoms with Gasteiger partial charge in [0.2, 0.25) is 5.91 Å². The van der Waals surface area contributed by atoms with Crippen LogP contribution in [0.1, 0.15) is 16.1 Å². The number of Topliss-reactive ketones (excluding diaryl/α,β-unsaturated/α-hetero) is 1. The third-order valence-corrected chi connectivity index (χ3v) is 5.82. The molecule has 9 nitrogen and oxygen atoms in total. The second-order valence-corrected chi connectivity index (χ2v) is 8.65. The molecule has 37 heavy (non-hydrogen) atoms. The molecule has 0 atom stereocenters. The van der Waals surface area contributed by atoms with Gasteiger partial charge in [-0.15, -0.1) is 13.2 Å². The number of anilines is 1. The third-order valence-electron chi connectivity index (χ3n) is 5.82. The van der Waals surface area contributed by atoms with E-state index in [9.17, 15) is 22.8 Å². The van der Waals surface area contributed by atoms with Crippen molar-refractivity contribution < 1.29 is 27.5 Å². The summed E-state index contributed by atoms with van der Waals surface area (Å²) >= 11 is 0. The third kappa shape index (κ3) is 7.54. The van der Waals surface area contributed by atoms with E-state index in [0.717, 1.165) is 30.3 Å². The van der Waals surface area contributed by atoms with Gasteiger partial charge in [-0.05, 0) is 31.3 Å². The number of piperazine rings is 1. The lowest BCUT2D eigenvalue weighted by Gasteiger charge is -2.31. The Bertz CT molecular complexity index is 1230. The molecule has 0 unspecified atom stereocenters. The maximum atomic E-state index is 12.9. The first-order chi connectivity index (χ1) is 17.7. The van der Waals surface area contributed by atoms with Gasteiger partial charge >= 0.3 is 6.36 Å². The zero-order valence-corrected chi connectivity index (χ0v) is 20.0. The van der Waals surface area contributed by atoms with E-state index in [4.69, 9.17) is 0 Å². The van der Waals surface area contributed by atoms with Crippen LogP contribution in [0, 0.1) is 0 Å². The Hall–Kier alpha value is -3.90. The number of benzene rings is 1. The van der Waals surface area contributed by atoms with Crippen molar-refractivity contribution in [2.24, 2.45) is 0 Å². The van der Waals surface area contributed by atoms with Gasteiger partial charge in [0.15, 0.2) is 11.5 Å². The molecule has 1 fully saturated rings. The maximum Gasteiger partial charge on any atom is 0.573 e. The summed E-state index contributed by atoms with van der Waals surface area (Å²) in [6, 6.07) is 6.91. The minimum atomic E-state index is -4.96. The highest BCUT2D eigenvalue weighted by Gasteiger charge is 2.32. The molecule has 4 rings (SSSR count). The van der Waals surface area contributed by atoms with Crippen molar-refractivity contribution in [3.63, 3.8) is 0 Å². The molecule has 1 saturated heterocycles. The molecule has 1 aliphatic rings. The van der Waals surface area contributed by atoms with Crippen LogP contribution >= 0.6 is 0 Å². The number of rotatable bonds is 8. The Balaban J connectivity index is 1.47. The van der Waals surface area contributed by atoms with Gasteiger partial charge in [-0.3, -0.25) is 19.5 Å². The summed E-state index contributed by atoms with van der Waals surface area (Å²) in [5.41, 5.74) is 1.91. The van der Waals surface area contributed by atoms with Gasteiger partial charge in [-0.25, -0.2) is 9.97 Å². The van der Waals surface area contributed by atoms with E-state index in [-0.39, 0.29) is 30.0 Å². The van der Waals surface area contributed by atoms with Crippen molar-refractivity contribution in [1.82, 2.24) is 24.8 Å². The van der Waals surface area contributed by atoms with Crippen molar-refractivity contribution in [2.45, 2.75) is 12.8 Å². The SMILES string of the molecule is CN1CCN(CC(=O)Nc2cc(C(=O)Cc3ccc(-c4cncnc4)cn3)ccc2OC(F)(F)F)CC1. The highest BCUT2D eigenvalue weighted by molar-refractivity contribution is 6.00. The zero-order valence-electron chi connectivity index (χ0n) is 20.0. The normalized spacial score (nSPS) is 14.8. The smallest absolute Gasteiger partial charge is 0.404 e. The lowest BCUT2D eigenvalue weighted by atomic mass is 10.0. The Morgan fingerprint density at radius 3 is 2.38 bits per heavy atom. The molecule has 1 amide bonds. The van der Waals surface area contributed by atoms with Crippen molar-refractivity contribution in [1.29, 1.82) is 0 Å². The first-order valence-electron chi connectivity index (χ1n) is 11.5. The number of carbonyl (C=O) groups excluding carboxylic acids is 2. The molecule has 3 heterocycles. The molecule has 0 saturated carbocycles. The number of likely N-dealkylation sites (N-methyl/N-ethyl adjacent to an activating group) is 1. The molecular weight excluding hydrogens is 489 g/mol. The van der Waals surface area contributed by atoms with E-state index in [1.54, 1.807) is 30.7 Å². The Labute approximate surface area is 211 Å². The van der Waals surface area contributed by atoms with Crippen LogP contribution in [0.3, 0.4) is 0 Å². The molecular formula is C25H25F3N6O3. The molecule has 3 aromatic rings. The van der Waals surface area contributed by atoms with Crippen LogP contribution in [0.25, 0.3) is 11.1 Å².